The average molecular weight is 430 g/mol. The molecule has 9 nitrogen and oxygen atoms in total. The molecule has 1 atom stereocenters. The fourth-order valence-electron chi connectivity index (χ4n) is 3.39. The SMILES string of the molecule is O=C1C(=O)N(CCOCCO)C(c2cccc(F)c2)C1=C(O)c1cccc([N+](=O)[O-])c1. The summed E-state index contributed by atoms with van der Waals surface area (Å²) < 4.78 is 19.1. The van der Waals surface area contributed by atoms with Crippen LogP contribution in [0.5, 0.6) is 0 Å². The summed E-state index contributed by atoms with van der Waals surface area (Å²) in [7, 11) is 0. The zero-order valence-corrected chi connectivity index (χ0v) is 16.2. The van der Waals surface area contributed by atoms with Crippen molar-refractivity contribution < 1.29 is 33.9 Å². The Morgan fingerprint density at radius 3 is 2.58 bits per heavy atom. The van der Waals surface area contributed by atoms with E-state index in [0.717, 1.165) is 17.0 Å². The Labute approximate surface area is 176 Å². The molecule has 2 N–H and O–H groups in total. The molecule has 10 heteroatoms. The summed E-state index contributed by atoms with van der Waals surface area (Å²) in [5.74, 6) is -3.13. The fraction of sp³-hybridized carbons (Fsp3) is 0.238. The number of ether oxygens (including phenoxy) is 1. The van der Waals surface area contributed by atoms with Crippen LogP contribution < -0.4 is 0 Å². The van der Waals surface area contributed by atoms with Crippen LogP contribution in [0.3, 0.4) is 0 Å². The third-order valence-electron chi connectivity index (χ3n) is 4.75. The molecule has 1 heterocycles. The Morgan fingerprint density at radius 2 is 1.90 bits per heavy atom. The van der Waals surface area contributed by atoms with Gasteiger partial charge in [-0.2, -0.15) is 0 Å². The molecular weight excluding hydrogens is 411 g/mol. The number of non-ortho nitro benzene ring substituents is 1. The van der Waals surface area contributed by atoms with Crippen LogP contribution in [-0.2, 0) is 14.3 Å². The van der Waals surface area contributed by atoms with Crippen molar-refractivity contribution in [1.29, 1.82) is 0 Å². The van der Waals surface area contributed by atoms with Crippen molar-refractivity contribution in [3.63, 3.8) is 0 Å². The zero-order valence-electron chi connectivity index (χ0n) is 16.2. The van der Waals surface area contributed by atoms with Gasteiger partial charge in [-0.3, -0.25) is 19.7 Å². The molecule has 1 fully saturated rings. The van der Waals surface area contributed by atoms with Crippen LogP contribution in [-0.4, -0.2) is 58.1 Å². The van der Waals surface area contributed by atoms with Crippen LogP contribution in [0.4, 0.5) is 10.1 Å². The van der Waals surface area contributed by atoms with Gasteiger partial charge in [0.25, 0.3) is 17.4 Å². The highest BCUT2D eigenvalue weighted by molar-refractivity contribution is 6.46. The highest BCUT2D eigenvalue weighted by atomic mass is 19.1. The van der Waals surface area contributed by atoms with Gasteiger partial charge in [0.05, 0.1) is 36.4 Å². The lowest BCUT2D eigenvalue weighted by Crippen LogP contribution is -2.33. The minimum atomic E-state index is -1.12. The van der Waals surface area contributed by atoms with Gasteiger partial charge in [0.1, 0.15) is 11.6 Å². The lowest BCUT2D eigenvalue weighted by Gasteiger charge is -2.25. The number of nitro groups is 1. The van der Waals surface area contributed by atoms with E-state index in [0.29, 0.717) is 0 Å². The van der Waals surface area contributed by atoms with Gasteiger partial charge in [0, 0.05) is 24.2 Å². The molecule has 0 bridgehead atoms. The highest BCUT2D eigenvalue weighted by Gasteiger charge is 2.46. The molecule has 2 aromatic rings. The third kappa shape index (κ3) is 4.60. The van der Waals surface area contributed by atoms with Crippen molar-refractivity contribution in [2.24, 2.45) is 0 Å². The molecule has 1 aliphatic heterocycles. The number of carbonyl (C=O) groups is 2. The maximum atomic E-state index is 13.9. The number of ketones is 1. The quantitative estimate of drug-likeness (QED) is 0.164. The Balaban J connectivity index is 2.10. The monoisotopic (exact) mass is 430 g/mol. The summed E-state index contributed by atoms with van der Waals surface area (Å²) in [6.07, 6.45) is 0. The number of aliphatic hydroxyl groups excluding tert-OH is 2. The van der Waals surface area contributed by atoms with Gasteiger partial charge in [-0.1, -0.05) is 24.3 Å². The normalized spacial score (nSPS) is 17.9. The molecule has 2 aromatic carbocycles. The number of hydrogen-bond acceptors (Lipinski definition) is 7. The number of halogens is 1. The van der Waals surface area contributed by atoms with Crippen molar-refractivity contribution >= 4 is 23.1 Å². The topological polar surface area (TPSA) is 130 Å². The fourth-order valence-corrected chi connectivity index (χ4v) is 3.39. The highest BCUT2D eigenvalue weighted by Crippen LogP contribution is 2.39. The second kappa shape index (κ2) is 9.45. The first-order chi connectivity index (χ1) is 14.8. The van der Waals surface area contributed by atoms with Crippen molar-refractivity contribution in [3.8, 4) is 0 Å². The van der Waals surface area contributed by atoms with E-state index in [1.165, 1.54) is 36.4 Å². The Hall–Kier alpha value is -3.63. The summed E-state index contributed by atoms with van der Waals surface area (Å²) in [6, 6.07) is 9.12. The molecule has 0 radical (unpaired) electrons. The molecule has 0 saturated carbocycles. The van der Waals surface area contributed by atoms with Crippen LogP contribution in [0.1, 0.15) is 17.2 Å². The first kappa shape index (κ1) is 22.1. The standard InChI is InChI=1S/C21H19FN2O7/c22-15-5-1-3-13(11-15)18-17(19(26)14-4-2-6-16(12-14)24(29)30)20(27)21(28)23(18)7-9-31-10-8-25/h1-6,11-12,18,25-26H,7-10H2. The minimum absolute atomic E-state index is 0.00372. The Bertz CT molecular complexity index is 1050. The number of hydrogen-bond donors (Lipinski definition) is 2. The van der Waals surface area contributed by atoms with Crippen molar-refractivity contribution in [2.45, 2.75) is 6.04 Å². The summed E-state index contributed by atoms with van der Waals surface area (Å²) in [5.41, 5.74) is -0.394. The first-order valence-electron chi connectivity index (χ1n) is 9.32. The molecule has 162 valence electrons. The smallest absolute Gasteiger partial charge is 0.295 e. The maximum Gasteiger partial charge on any atom is 0.295 e. The van der Waals surface area contributed by atoms with Crippen LogP contribution in [0.15, 0.2) is 54.1 Å². The number of Topliss-reactive ketones (excluding diaryl/α,β-unsaturated/α-hetero) is 1. The van der Waals surface area contributed by atoms with E-state index in [9.17, 15) is 29.2 Å². The summed E-state index contributed by atoms with van der Waals surface area (Å²) >= 11 is 0. The summed E-state index contributed by atoms with van der Waals surface area (Å²) in [4.78, 5) is 37.0. The number of rotatable bonds is 8. The largest absolute Gasteiger partial charge is 0.507 e. The summed E-state index contributed by atoms with van der Waals surface area (Å²) in [5, 5.41) is 30.7. The maximum absolute atomic E-state index is 13.9. The molecule has 1 unspecified atom stereocenters. The van der Waals surface area contributed by atoms with E-state index in [2.05, 4.69) is 0 Å². The van der Waals surface area contributed by atoms with Crippen LogP contribution in [0.2, 0.25) is 0 Å². The third-order valence-corrected chi connectivity index (χ3v) is 4.75. The lowest BCUT2D eigenvalue weighted by molar-refractivity contribution is -0.384. The lowest BCUT2D eigenvalue weighted by atomic mass is 9.95. The van der Waals surface area contributed by atoms with Crippen molar-refractivity contribution in [1.82, 2.24) is 4.90 Å². The number of amides is 1. The number of likely N-dealkylation sites (tertiary alicyclic amines) is 1. The molecule has 1 amide bonds. The number of carbonyl (C=O) groups excluding carboxylic acids is 2. The molecule has 31 heavy (non-hydrogen) atoms. The molecular formula is C21H19FN2O7. The van der Waals surface area contributed by atoms with Crippen LogP contribution in [0.25, 0.3) is 5.76 Å². The predicted octanol–water partition coefficient (Wildman–Crippen LogP) is 2.16. The number of aliphatic hydroxyl groups is 2. The average Bonchev–Trinajstić information content (AvgIpc) is 3.01. The van der Waals surface area contributed by atoms with E-state index in [-0.39, 0.29) is 48.8 Å². The molecule has 0 aliphatic carbocycles. The molecule has 0 spiro atoms. The number of benzene rings is 2. The molecule has 3 rings (SSSR count). The molecule has 0 aromatic heterocycles. The van der Waals surface area contributed by atoms with Gasteiger partial charge in [-0.15, -0.1) is 0 Å². The van der Waals surface area contributed by atoms with Gasteiger partial charge in [0.15, 0.2) is 0 Å². The second-order valence-electron chi connectivity index (χ2n) is 6.69. The van der Waals surface area contributed by atoms with E-state index in [1.807, 2.05) is 0 Å². The van der Waals surface area contributed by atoms with E-state index < -0.39 is 34.2 Å². The molecule has 1 saturated heterocycles. The second-order valence-corrected chi connectivity index (χ2v) is 6.69. The minimum Gasteiger partial charge on any atom is -0.507 e. The van der Waals surface area contributed by atoms with E-state index in [1.54, 1.807) is 0 Å². The van der Waals surface area contributed by atoms with Gasteiger partial charge < -0.3 is 19.8 Å². The van der Waals surface area contributed by atoms with Crippen molar-refractivity contribution in [2.75, 3.05) is 26.4 Å². The van der Waals surface area contributed by atoms with Crippen LogP contribution >= 0.6 is 0 Å². The van der Waals surface area contributed by atoms with Gasteiger partial charge >= 0.3 is 0 Å². The predicted molar refractivity (Wildman–Crippen MR) is 106 cm³/mol. The first-order valence-corrected chi connectivity index (χ1v) is 9.32. The van der Waals surface area contributed by atoms with E-state index >= 15 is 0 Å². The van der Waals surface area contributed by atoms with Crippen LogP contribution in [0, 0.1) is 15.9 Å². The van der Waals surface area contributed by atoms with E-state index in [4.69, 9.17) is 9.84 Å². The zero-order chi connectivity index (χ0) is 22.5. The molecule has 1 aliphatic rings. The Morgan fingerprint density at radius 1 is 1.16 bits per heavy atom. The van der Waals surface area contributed by atoms with Gasteiger partial charge in [-0.05, 0) is 17.7 Å². The number of nitrogens with zero attached hydrogens (tertiary/aromatic N) is 2. The Kier molecular flexibility index (Phi) is 6.73. The van der Waals surface area contributed by atoms with Gasteiger partial charge in [-0.25, -0.2) is 4.39 Å². The van der Waals surface area contributed by atoms with Crippen molar-refractivity contribution in [3.05, 3.63) is 81.2 Å². The number of nitro benzene ring substituents is 1. The van der Waals surface area contributed by atoms with Gasteiger partial charge in [0.2, 0.25) is 0 Å². The summed E-state index contributed by atoms with van der Waals surface area (Å²) in [6.45, 7) is -0.255.